The number of carboxylic acid groups (broad SMARTS) is 1. The molecule has 0 fully saturated rings. The third-order valence-corrected chi connectivity index (χ3v) is 2.03. The van der Waals surface area contributed by atoms with Crippen LogP contribution in [0.5, 0.6) is 0 Å². The van der Waals surface area contributed by atoms with Crippen LogP contribution in [0.3, 0.4) is 0 Å². The molecule has 0 aliphatic heterocycles. The Kier molecular flexibility index (Phi) is 3.90. The lowest BCUT2D eigenvalue weighted by atomic mass is 10.1. The maximum atomic E-state index is 10.7. The number of benzene rings is 1. The van der Waals surface area contributed by atoms with Gasteiger partial charge < -0.3 is 15.1 Å². The van der Waals surface area contributed by atoms with E-state index in [0.717, 1.165) is 5.69 Å². The summed E-state index contributed by atoms with van der Waals surface area (Å²) in [6, 6.07) is 9.21. The summed E-state index contributed by atoms with van der Waals surface area (Å²) in [4.78, 5) is 12.4. The molecule has 1 aromatic carbocycles. The van der Waals surface area contributed by atoms with Crippen LogP contribution in [0.4, 0.5) is 5.69 Å². The van der Waals surface area contributed by atoms with E-state index in [9.17, 15) is 9.90 Å². The number of carboxylic acids is 1. The second-order valence-electron chi connectivity index (χ2n) is 4.40. The summed E-state index contributed by atoms with van der Waals surface area (Å²) in [5, 5.41) is 18.5. The van der Waals surface area contributed by atoms with Crippen LogP contribution in [-0.2, 0) is 4.79 Å². The number of para-hydroxylation sites is 1. The van der Waals surface area contributed by atoms with E-state index in [4.69, 9.17) is 5.11 Å². The third kappa shape index (κ3) is 4.31. The van der Waals surface area contributed by atoms with Gasteiger partial charge in [-0.2, -0.15) is 0 Å². The van der Waals surface area contributed by atoms with Crippen molar-refractivity contribution in [2.24, 2.45) is 0 Å². The number of aliphatic carboxylic acids is 1. The molecule has 0 unspecified atom stereocenters. The molecule has 1 rings (SSSR count). The van der Waals surface area contributed by atoms with Crippen LogP contribution in [0.1, 0.15) is 13.8 Å². The van der Waals surface area contributed by atoms with Gasteiger partial charge in [0.05, 0.1) is 5.60 Å². The Balaban J connectivity index is 2.84. The van der Waals surface area contributed by atoms with Crippen molar-refractivity contribution in [3.05, 3.63) is 30.3 Å². The molecule has 0 saturated heterocycles. The summed E-state index contributed by atoms with van der Waals surface area (Å²) in [6.07, 6.45) is 0. The van der Waals surface area contributed by atoms with Crippen LogP contribution in [0.25, 0.3) is 0 Å². The van der Waals surface area contributed by atoms with Gasteiger partial charge in [0.15, 0.2) is 0 Å². The smallest absolute Gasteiger partial charge is 0.323 e. The first kappa shape index (κ1) is 12.5. The summed E-state index contributed by atoms with van der Waals surface area (Å²) in [5.41, 5.74) is -0.127. The van der Waals surface area contributed by atoms with Gasteiger partial charge in [-0.05, 0) is 26.0 Å². The molecule has 0 radical (unpaired) electrons. The number of nitrogens with zero attached hydrogens (tertiary/aromatic N) is 1. The molecule has 16 heavy (non-hydrogen) atoms. The number of carbonyl (C=O) groups is 1. The summed E-state index contributed by atoms with van der Waals surface area (Å²) in [5.74, 6) is -0.909. The lowest BCUT2D eigenvalue weighted by Gasteiger charge is -2.29. The molecule has 0 aromatic heterocycles. The normalized spacial score (nSPS) is 11.2. The van der Waals surface area contributed by atoms with Gasteiger partial charge in [0.2, 0.25) is 0 Å². The van der Waals surface area contributed by atoms with Crippen molar-refractivity contribution in [1.82, 2.24) is 0 Å². The molecular weight excluding hydrogens is 206 g/mol. The average molecular weight is 223 g/mol. The van der Waals surface area contributed by atoms with E-state index in [1.807, 2.05) is 30.3 Å². The maximum Gasteiger partial charge on any atom is 0.323 e. The van der Waals surface area contributed by atoms with Crippen LogP contribution in [0.2, 0.25) is 0 Å². The Morgan fingerprint density at radius 3 is 2.31 bits per heavy atom. The molecule has 0 amide bonds. The molecule has 0 atom stereocenters. The summed E-state index contributed by atoms with van der Waals surface area (Å²) >= 11 is 0. The highest BCUT2D eigenvalue weighted by Crippen LogP contribution is 2.16. The first-order valence-electron chi connectivity index (χ1n) is 5.13. The number of aliphatic hydroxyl groups is 1. The molecule has 4 nitrogen and oxygen atoms in total. The predicted octanol–water partition coefficient (Wildman–Crippen LogP) is 1.35. The molecular formula is C12H17NO3. The van der Waals surface area contributed by atoms with E-state index < -0.39 is 11.6 Å². The van der Waals surface area contributed by atoms with Crippen LogP contribution in [-0.4, -0.2) is 34.9 Å². The van der Waals surface area contributed by atoms with Gasteiger partial charge in [-0.25, -0.2) is 0 Å². The quantitative estimate of drug-likeness (QED) is 0.791. The zero-order valence-corrected chi connectivity index (χ0v) is 9.55. The molecule has 0 spiro atoms. The average Bonchev–Trinajstić information content (AvgIpc) is 2.15. The van der Waals surface area contributed by atoms with Gasteiger partial charge in [0, 0.05) is 12.2 Å². The minimum atomic E-state index is -0.925. The van der Waals surface area contributed by atoms with Gasteiger partial charge in [-0.15, -0.1) is 0 Å². The standard InChI is InChI=1S/C12H17NO3/c1-12(2,16)9-13(8-11(14)15)10-6-4-3-5-7-10/h3-7,16H,8-9H2,1-2H3,(H,14,15). The van der Waals surface area contributed by atoms with Crippen molar-refractivity contribution in [3.8, 4) is 0 Å². The molecule has 4 heteroatoms. The Labute approximate surface area is 95.1 Å². The van der Waals surface area contributed by atoms with Gasteiger partial charge in [0.1, 0.15) is 6.54 Å². The largest absolute Gasteiger partial charge is 0.480 e. The van der Waals surface area contributed by atoms with Crippen LogP contribution in [0, 0.1) is 0 Å². The minimum absolute atomic E-state index is 0.117. The molecule has 0 aliphatic rings. The SMILES string of the molecule is CC(C)(O)CN(CC(=O)O)c1ccccc1. The lowest BCUT2D eigenvalue weighted by molar-refractivity contribution is -0.135. The number of hydrogen-bond acceptors (Lipinski definition) is 3. The van der Waals surface area contributed by atoms with Crippen molar-refractivity contribution in [2.75, 3.05) is 18.0 Å². The van der Waals surface area contributed by atoms with E-state index in [1.54, 1.807) is 18.7 Å². The topological polar surface area (TPSA) is 60.8 Å². The van der Waals surface area contributed by atoms with Crippen molar-refractivity contribution in [3.63, 3.8) is 0 Å². The van der Waals surface area contributed by atoms with E-state index in [0.29, 0.717) is 0 Å². The van der Waals surface area contributed by atoms with E-state index in [2.05, 4.69) is 0 Å². The molecule has 0 heterocycles. The highest BCUT2D eigenvalue weighted by molar-refractivity contribution is 5.73. The van der Waals surface area contributed by atoms with Crippen molar-refractivity contribution < 1.29 is 15.0 Å². The number of hydrogen-bond donors (Lipinski definition) is 2. The summed E-state index contributed by atoms with van der Waals surface area (Å²) in [6.45, 7) is 3.48. The predicted molar refractivity (Wildman–Crippen MR) is 62.6 cm³/mol. The first-order chi connectivity index (χ1) is 7.38. The second-order valence-corrected chi connectivity index (χ2v) is 4.40. The lowest BCUT2D eigenvalue weighted by Crippen LogP contribution is -2.41. The molecule has 0 saturated carbocycles. The third-order valence-electron chi connectivity index (χ3n) is 2.03. The Bertz CT molecular complexity index is 343. The molecule has 2 N–H and O–H groups in total. The van der Waals surface area contributed by atoms with Gasteiger partial charge >= 0.3 is 5.97 Å². The van der Waals surface area contributed by atoms with E-state index in [-0.39, 0.29) is 13.1 Å². The molecule has 1 aromatic rings. The van der Waals surface area contributed by atoms with Crippen LogP contribution < -0.4 is 4.90 Å². The van der Waals surface area contributed by atoms with Gasteiger partial charge in [-0.1, -0.05) is 18.2 Å². The molecule has 88 valence electrons. The molecule has 0 aliphatic carbocycles. The number of anilines is 1. The maximum absolute atomic E-state index is 10.7. The highest BCUT2D eigenvalue weighted by atomic mass is 16.4. The number of rotatable bonds is 5. The van der Waals surface area contributed by atoms with Crippen molar-refractivity contribution >= 4 is 11.7 Å². The van der Waals surface area contributed by atoms with E-state index in [1.165, 1.54) is 0 Å². The van der Waals surface area contributed by atoms with Crippen molar-refractivity contribution in [1.29, 1.82) is 0 Å². The molecule has 0 bridgehead atoms. The Morgan fingerprint density at radius 1 is 1.31 bits per heavy atom. The monoisotopic (exact) mass is 223 g/mol. The first-order valence-corrected chi connectivity index (χ1v) is 5.13. The second kappa shape index (κ2) is 4.99. The van der Waals surface area contributed by atoms with E-state index >= 15 is 0 Å². The Hall–Kier alpha value is -1.55. The fraction of sp³-hybridized carbons (Fsp3) is 0.417. The van der Waals surface area contributed by atoms with Crippen LogP contribution >= 0.6 is 0 Å². The fourth-order valence-electron chi connectivity index (χ4n) is 1.51. The minimum Gasteiger partial charge on any atom is -0.480 e. The zero-order chi connectivity index (χ0) is 12.2. The van der Waals surface area contributed by atoms with Gasteiger partial charge in [-0.3, -0.25) is 4.79 Å². The van der Waals surface area contributed by atoms with Crippen molar-refractivity contribution in [2.45, 2.75) is 19.4 Å². The summed E-state index contributed by atoms with van der Waals surface area (Å²) < 4.78 is 0. The Morgan fingerprint density at radius 2 is 1.88 bits per heavy atom. The highest BCUT2D eigenvalue weighted by Gasteiger charge is 2.20. The fourth-order valence-corrected chi connectivity index (χ4v) is 1.51. The summed E-state index contributed by atoms with van der Waals surface area (Å²) in [7, 11) is 0. The van der Waals surface area contributed by atoms with Crippen LogP contribution in [0.15, 0.2) is 30.3 Å². The zero-order valence-electron chi connectivity index (χ0n) is 9.55. The van der Waals surface area contributed by atoms with Gasteiger partial charge in [0.25, 0.3) is 0 Å².